The Morgan fingerprint density at radius 3 is 2.88 bits per heavy atom. The summed E-state index contributed by atoms with van der Waals surface area (Å²) in [5.74, 6) is 2.39. The second kappa shape index (κ2) is 2.55. The Bertz CT molecular complexity index is 149. The van der Waals surface area contributed by atoms with Crippen molar-refractivity contribution < 1.29 is 8.37 Å². The zero-order chi connectivity index (χ0) is 5.98. The van der Waals surface area contributed by atoms with E-state index < -0.39 is 10.0 Å². The van der Waals surface area contributed by atoms with Crippen molar-refractivity contribution in [3.05, 3.63) is 0 Å². The molecule has 0 aromatic carbocycles. The third-order valence-electron chi connectivity index (χ3n) is 0.696. The molecule has 1 aliphatic heterocycles. The quantitative estimate of drug-likeness (QED) is 0.449. The molecule has 4 heteroatoms. The predicted molar refractivity (Wildman–Crippen MR) is 34.4 cm³/mol. The van der Waals surface area contributed by atoms with Gasteiger partial charge in [0.25, 0.3) is 0 Å². The Morgan fingerprint density at radius 1 is 1.88 bits per heavy atom. The molecule has 8 heavy (non-hydrogen) atoms. The SMILES string of the molecule is C#CC1COS(=S)O1. The van der Waals surface area contributed by atoms with Crippen LogP contribution in [0.1, 0.15) is 0 Å². The smallest absolute Gasteiger partial charge is 0.159 e. The van der Waals surface area contributed by atoms with E-state index in [9.17, 15) is 0 Å². The van der Waals surface area contributed by atoms with Crippen molar-refractivity contribution in [2.24, 2.45) is 0 Å². The zero-order valence-electron chi connectivity index (χ0n) is 3.99. The molecule has 1 aliphatic rings. The maximum absolute atomic E-state index is 5.00. The van der Waals surface area contributed by atoms with E-state index in [4.69, 9.17) is 14.8 Å². The van der Waals surface area contributed by atoms with Crippen molar-refractivity contribution >= 4 is 21.2 Å². The third-order valence-corrected chi connectivity index (χ3v) is 1.94. The minimum atomic E-state index is -0.762. The Hall–Kier alpha value is 0.0500. The molecule has 0 aromatic heterocycles. The maximum Gasteiger partial charge on any atom is 0.159 e. The minimum Gasteiger partial charge on any atom is -0.287 e. The van der Waals surface area contributed by atoms with Gasteiger partial charge in [0, 0.05) is 11.2 Å². The lowest BCUT2D eigenvalue weighted by Crippen LogP contribution is -2.03. The van der Waals surface area contributed by atoms with E-state index in [-0.39, 0.29) is 6.10 Å². The fourth-order valence-electron chi connectivity index (χ4n) is 0.344. The van der Waals surface area contributed by atoms with E-state index >= 15 is 0 Å². The van der Waals surface area contributed by atoms with Crippen LogP contribution in [0.5, 0.6) is 0 Å². The molecule has 0 radical (unpaired) electrons. The molecular formula is C4H4O2S2. The van der Waals surface area contributed by atoms with Crippen LogP contribution in [0.3, 0.4) is 0 Å². The largest absolute Gasteiger partial charge is 0.287 e. The second-order valence-electron chi connectivity index (χ2n) is 1.24. The topological polar surface area (TPSA) is 18.5 Å². The molecule has 1 saturated heterocycles. The summed E-state index contributed by atoms with van der Waals surface area (Å²) in [6.45, 7) is 0.448. The second-order valence-corrected chi connectivity index (χ2v) is 2.89. The minimum absolute atomic E-state index is 0.212. The molecule has 2 nitrogen and oxygen atoms in total. The predicted octanol–water partition coefficient (Wildman–Crippen LogP) is -0.0548. The van der Waals surface area contributed by atoms with Crippen LogP contribution in [0.25, 0.3) is 0 Å². The van der Waals surface area contributed by atoms with Gasteiger partial charge in [-0.05, 0) is 0 Å². The summed E-state index contributed by atoms with van der Waals surface area (Å²) < 4.78 is 9.73. The van der Waals surface area contributed by atoms with E-state index in [0.29, 0.717) is 6.61 Å². The van der Waals surface area contributed by atoms with E-state index in [1.54, 1.807) is 0 Å². The molecule has 0 saturated carbocycles. The Balaban J connectivity index is 2.47. The van der Waals surface area contributed by atoms with Crippen LogP contribution in [0.15, 0.2) is 0 Å². The van der Waals surface area contributed by atoms with Gasteiger partial charge in [0.2, 0.25) is 0 Å². The molecule has 1 fully saturated rings. The van der Waals surface area contributed by atoms with Crippen LogP contribution < -0.4 is 0 Å². The van der Waals surface area contributed by atoms with Crippen LogP contribution >= 0.6 is 0 Å². The van der Waals surface area contributed by atoms with Crippen molar-refractivity contribution in [2.45, 2.75) is 6.10 Å². The highest BCUT2D eigenvalue weighted by Gasteiger charge is 2.16. The van der Waals surface area contributed by atoms with Crippen LogP contribution in [0, 0.1) is 12.3 Å². The number of terminal acetylenes is 1. The summed E-state index contributed by atoms with van der Waals surface area (Å²) >= 11 is 4.63. The highest BCUT2D eigenvalue weighted by Crippen LogP contribution is 2.06. The molecule has 1 heterocycles. The summed E-state index contributed by atoms with van der Waals surface area (Å²) in [6, 6.07) is 0. The molecule has 0 aliphatic carbocycles. The normalized spacial score (nSPS) is 36.9. The van der Waals surface area contributed by atoms with Crippen LogP contribution in [-0.2, 0) is 29.6 Å². The first-order chi connectivity index (χ1) is 3.83. The average Bonchev–Trinajstić information content (AvgIpc) is 2.14. The first-order valence-electron chi connectivity index (χ1n) is 2.01. The lowest BCUT2D eigenvalue weighted by Gasteiger charge is -1.89. The zero-order valence-corrected chi connectivity index (χ0v) is 5.63. The summed E-state index contributed by atoms with van der Waals surface area (Å²) in [5, 5.41) is 0. The van der Waals surface area contributed by atoms with Crippen molar-refractivity contribution in [1.82, 2.24) is 0 Å². The van der Waals surface area contributed by atoms with Gasteiger partial charge in [-0.1, -0.05) is 5.92 Å². The monoisotopic (exact) mass is 148 g/mol. The Labute approximate surface area is 55.2 Å². The number of hydrogen-bond acceptors (Lipinski definition) is 3. The van der Waals surface area contributed by atoms with Gasteiger partial charge in [0.15, 0.2) is 6.10 Å². The van der Waals surface area contributed by atoms with Crippen molar-refractivity contribution in [3.63, 3.8) is 0 Å². The van der Waals surface area contributed by atoms with E-state index in [2.05, 4.69) is 17.1 Å². The lowest BCUT2D eigenvalue weighted by atomic mass is 10.4. The molecule has 0 aromatic rings. The van der Waals surface area contributed by atoms with E-state index in [1.807, 2.05) is 0 Å². The number of hydrogen-bond donors (Lipinski definition) is 0. The van der Waals surface area contributed by atoms with Crippen molar-refractivity contribution in [2.75, 3.05) is 6.61 Å². The van der Waals surface area contributed by atoms with Gasteiger partial charge < -0.3 is 0 Å². The summed E-state index contributed by atoms with van der Waals surface area (Å²) in [4.78, 5) is 0. The standard InChI is InChI=1S/C4H4O2S2/c1-2-4-3-5-8(7)6-4/h1,4H,3H2. The maximum atomic E-state index is 5.00. The molecule has 0 amide bonds. The molecule has 1 rings (SSSR count). The van der Waals surface area contributed by atoms with Gasteiger partial charge >= 0.3 is 0 Å². The lowest BCUT2D eigenvalue weighted by molar-refractivity contribution is 0.303. The van der Waals surface area contributed by atoms with Crippen molar-refractivity contribution in [3.8, 4) is 12.3 Å². The molecule has 0 spiro atoms. The summed E-state index contributed by atoms with van der Waals surface area (Å²) in [5.41, 5.74) is 0. The summed E-state index contributed by atoms with van der Waals surface area (Å²) in [6.07, 6.45) is 4.79. The fourth-order valence-corrected chi connectivity index (χ4v) is 1.39. The molecular weight excluding hydrogens is 144 g/mol. The molecule has 44 valence electrons. The van der Waals surface area contributed by atoms with Crippen molar-refractivity contribution in [1.29, 1.82) is 0 Å². The third kappa shape index (κ3) is 1.26. The molecule has 2 atom stereocenters. The van der Waals surface area contributed by atoms with Gasteiger partial charge in [-0.2, -0.15) is 0 Å². The average molecular weight is 148 g/mol. The molecule has 2 unspecified atom stereocenters. The van der Waals surface area contributed by atoms with E-state index in [0.717, 1.165) is 0 Å². The van der Waals surface area contributed by atoms with Gasteiger partial charge in [-0.3, -0.25) is 8.37 Å². The molecule has 0 N–H and O–H groups in total. The van der Waals surface area contributed by atoms with Gasteiger partial charge in [-0.15, -0.1) is 6.42 Å². The molecule has 0 bridgehead atoms. The first kappa shape index (κ1) is 6.17. The first-order valence-corrected chi connectivity index (χ1v) is 4.01. The van der Waals surface area contributed by atoms with Gasteiger partial charge in [-0.25, -0.2) is 0 Å². The van der Waals surface area contributed by atoms with Crippen LogP contribution in [-0.4, -0.2) is 12.7 Å². The van der Waals surface area contributed by atoms with E-state index in [1.165, 1.54) is 0 Å². The van der Waals surface area contributed by atoms with Crippen LogP contribution in [0.4, 0.5) is 0 Å². The van der Waals surface area contributed by atoms with Crippen LogP contribution in [0.2, 0.25) is 0 Å². The Morgan fingerprint density at radius 2 is 2.62 bits per heavy atom. The highest BCUT2D eigenvalue weighted by atomic mass is 32.8. The van der Waals surface area contributed by atoms with Gasteiger partial charge in [0.1, 0.15) is 16.6 Å². The fraction of sp³-hybridized carbons (Fsp3) is 0.500. The van der Waals surface area contributed by atoms with Gasteiger partial charge in [0.05, 0.1) is 0 Å². The number of rotatable bonds is 0. The Kier molecular flexibility index (Phi) is 1.97. The summed E-state index contributed by atoms with van der Waals surface area (Å²) in [7, 11) is -0.762. The highest BCUT2D eigenvalue weighted by molar-refractivity contribution is 8.23.